The Morgan fingerprint density at radius 1 is 0.683 bits per heavy atom. The second kappa shape index (κ2) is 14.4. The minimum Gasteiger partial charge on any atom is -0.368 e. The monoisotopic (exact) mass is 596 g/mol. The molecule has 8 nitrogen and oxygen atoms in total. The van der Waals surface area contributed by atoms with Crippen LogP contribution in [0, 0.1) is 0 Å². The number of ether oxygens (including phenoxy) is 5. The van der Waals surface area contributed by atoms with Crippen LogP contribution in [-0.4, -0.2) is 58.3 Å². The second-order valence-electron chi connectivity index (χ2n) is 9.25. The van der Waals surface area contributed by atoms with E-state index in [0.29, 0.717) is 0 Å². The molecular formula is C29H31F3O8S. The van der Waals surface area contributed by atoms with Crippen molar-refractivity contribution in [2.75, 3.05) is 13.7 Å². The zero-order chi connectivity index (χ0) is 29.3. The quantitative estimate of drug-likeness (QED) is 0.202. The summed E-state index contributed by atoms with van der Waals surface area (Å²) in [6.45, 7) is -0.703. The molecule has 1 fully saturated rings. The molecule has 0 saturated carbocycles. The highest BCUT2D eigenvalue weighted by molar-refractivity contribution is 7.87. The highest BCUT2D eigenvalue weighted by Gasteiger charge is 2.52. The highest BCUT2D eigenvalue weighted by Crippen LogP contribution is 2.32. The molecule has 0 aliphatic carbocycles. The standard InChI is InChI=1S/C29H31F3O8S/c1-35-28-27(38-19-23-15-9-4-10-16-23)26(37-18-22-13-7-3-8-14-22)25(36-17-21-11-5-2-6-12-21)24(40-28)20-39-41(33,34)29(30,31)32/h2-16,24-28H,17-20H2,1H3/t24-,25-,26+,27-,28-/m1/s1. The van der Waals surface area contributed by atoms with Gasteiger partial charge in [-0.05, 0) is 16.7 Å². The molecule has 5 atom stereocenters. The van der Waals surface area contributed by atoms with Crippen LogP contribution in [0.3, 0.4) is 0 Å². The van der Waals surface area contributed by atoms with Crippen LogP contribution in [0.5, 0.6) is 0 Å². The first-order valence-electron chi connectivity index (χ1n) is 12.8. The lowest BCUT2D eigenvalue weighted by Crippen LogP contribution is -2.61. The minimum atomic E-state index is -5.89. The Kier molecular flexibility index (Phi) is 10.9. The first kappa shape index (κ1) is 31.1. The molecule has 0 aromatic heterocycles. The molecule has 3 aromatic rings. The van der Waals surface area contributed by atoms with Gasteiger partial charge in [0.15, 0.2) is 6.29 Å². The van der Waals surface area contributed by atoms with Crippen molar-refractivity contribution in [1.82, 2.24) is 0 Å². The zero-order valence-electron chi connectivity index (χ0n) is 22.2. The highest BCUT2D eigenvalue weighted by atomic mass is 32.2. The van der Waals surface area contributed by atoms with Crippen molar-refractivity contribution >= 4 is 10.1 Å². The predicted molar refractivity (Wildman–Crippen MR) is 142 cm³/mol. The van der Waals surface area contributed by atoms with E-state index >= 15 is 0 Å². The van der Waals surface area contributed by atoms with E-state index in [1.807, 2.05) is 91.0 Å². The van der Waals surface area contributed by atoms with Crippen LogP contribution in [0.15, 0.2) is 91.0 Å². The summed E-state index contributed by atoms with van der Waals surface area (Å²) >= 11 is 0. The Morgan fingerprint density at radius 2 is 1.10 bits per heavy atom. The van der Waals surface area contributed by atoms with Crippen molar-refractivity contribution in [2.24, 2.45) is 0 Å². The first-order chi connectivity index (χ1) is 19.7. The SMILES string of the molecule is CO[C@@H]1O[C@H](COS(=O)(=O)C(F)(F)F)[C@@H](OCc2ccccc2)[C@H](OCc2ccccc2)[C@H]1OCc1ccccc1. The molecule has 0 N–H and O–H groups in total. The maximum Gasteiger partial charge on any atom is 0.523 e. The molecule has 0 unspecified atom stereocenters. The number of benzene rings is 3. The number of hydrogen-bond acceptors (Lipinski definition) is 8. The Balaban J connectivity index is 1.64. The van der Waals surface area contributed by atoms with Gasteiger partial charge in [0.05, 0.1) is 26.4 Å². The van der Waals surface area contributed by atoms with E-state index in [1.165, 1.54) is 7.11 Å². The van der Waals surface area contributed by atoms with E-state index < -0.39 is 52.9 Å². The van der Waals surface area contributed by atoms with Gasteiger partial charge in [-0.25, -0.2) is 0 Å². The summed E-state index contributed by atoms with van der Waals surface area (Å²) in [7, 11) is -4.55. The lowest BCUT2D eigenvalue weighted by atomic mass is 9.98. The van der Waals surface area contributed by atoms with E-state index in [2.05, 4.69) is 4.18 Å². The minimum absolute atomic E-state index is 0.0334. The van der Waals surface area contributed by atoms with Gasteiger partial charge >= 0.3 is 15.6 Å². The third-order valence-corrected chi connectivity index (χ3v) is 7.36. The molecule has 12 heteroatoms. The van der Waals surface area contributed by atoms with Gasteiger partial charge < -0.3 is 23.7 Å². The molecule has 0 radical (unpaired) electrons. The molecule has 41 heavy (non-hydrogen) atoms. The van der Waals surface area contributed by atoms with Crippen LogP contribution in [0.4, 0.5) is 13.2 Å². The molecule has 1 saturated heterocycles. The molecule has 1 aliphatic rings. The number of alkyl halides is 3. The van der Waals surface area contributed by atoms with Gasteiger partial charge in [0, 0.05) is 7.11 Å². The van der Waals surface area contributed by atoms with Crippen LogP contribution < -0.4 is 0 Å². The summed E-state index contributed by atoms with van der Waals surface area (Å²) in [5, 5.41) is 0. The fourth-order valence-electron chi connectivity index (χ4n) is 4.29. The van der Waals surface area contributed by atoms with Gasteiger partial charge in [-0.15, -0.1) is 0 Å². The maximum atomic E-state index is 13.1. The molecule has 222 valence electrons. The van der Waals surface area contributed by atoms with Crippen molar-refractivity contribution in [3.63, 3.8) is 0 Å². The molecule has 0 bridgehead atoms. The van der Waals surface area contributed by atoms with Crippen LogP contribution in [-0.2, 0) is 57.8 Å². The van der Waals surface area contributed by atoms with E-state index in [9.17, 15) is 21.6 Å². The molecule has 0 amide bonds. The lowest BCUT2D eigenvalue weighted by Gasteiger charge is -2.45. The molecule has 0 spiro atoms. The average Bonchev–Trinajstić information content (AvgIpc) is 2.98. The van der Waals surface area contributed by atoms with Gasteiger partial charge in [0.1, 0.15) is 24.4 Å². The molecular weight excluding hydrogens is 565 g/mol. The fraction of sp³-hybridized carbons (Fsp3) is 0.379. The number of methoxy groups -OCH3 is 1. The lowest BCUT2D eigenvalue weighted by molar-refractivity contribution is -0.320. The van der Waals surface area contributed by atoms with Crippen LogP contribution in [0.2, 0.25) is 0 Å². The normalized spacial score (nSPS) is 23.4. The van der Waals surface area contributed by atoms with Crippen molar-refractivity contribution < 1.29 is 49.5 Å². The van der Waals surface area contributed by atoms with Crippen molar-refractivity contribution in [1.29, 1.82) is 0 Å². The largest absolute Gasteiger partial charge is 0.523 e. The van der Waals surface area contributed by atoms with Gasteiger partial charge in [-0.1, -0.05) is 91.0 Å². The summed E-state index contributed by atoms with van der Waals surface area (Å²) in [6.07, 6.45) is -5.42. The number of rotatable bonds is 13. The maximum absolute atomic E-state index is 13.1. The number of halogens is 3. The van der Waals surface area contributed by atoms with Gasteiger partial charge in [-0.3, -0.25) is 4.18 Å². The zero-order valence-corrected chi connectivity index (χ0v) is 23.0. The van der Waals surface area contributed by atoms with Crippen molar-refractivity contribution in [3.05, 3.63) is 108 Å². The van der Waals surface area contributed by atoms with Crippen LogP contribution in [0.1, 0.15) is 16.7 Å². The topological polar surface area (TPSA) is 89.5 Å². The Bertz CT molecular complexity index is 1290. The van der Waals surface area contributed by atoms with Gasteiger partial charge in [0.2, 0.25) is 0 Å². The Hall–Kier alpha value is -2.84. The molecule has 1 aliphatic heterocycles. The van der Waals surface area contributed by atoms with Gasteiger partial charge in [-0.2, -0.15) is 21.6 Å². The van der Waals surface area contributed by atoms with Crippen molar-refractivity contribution in [3.8, 4) is 0 Å². The summed E-state index contributed by atoms with van der Waals surface area (Å²) < 4.78 is 97.1. The predicted octanol–water partition coefficient (Wildman–Crippen LogP) is 4.98. The summed E-state index contributed by atoms with van der Waals surface area (Å²) in [5.74, 6) is 0. The second-order valence-corrected chi connectivity index (χ2v) is 10.9. The van der Waals surface area contributed by atoms with Crippen molar-refractivity contribution in [2.45, 2.75) is 56.0 Å². The fourth-order valence-corrected chi connectivity index (χ4v) is 4.74. The first-order valence-corrected chi connectivity index (χ1v) is 14.2. The molecule has 4 rings (SSSR count). The number of hydrogen-bond donors (Lipinski definition) is 0. The van der Waals surface area contributed by atoms with Gasteiger partial charge in [0.25, 0.3) is 0 Å². The third kappa shape index (κ3) is 8.58. The third-order valence-electron chi connectivity index (χ3n) is 6.35. The Morgan fingerprint density at radius 3 is 1.51 bits per heavy atom. The van der Waals surface area contributed by atoms with Crippen LogP contribution in [0.25, 0.3) is 0 Å². The average molecular weight is 597 g/mol. The van der Waals surface area contributed by atoms with E-state index in [4.69, 9.17) is 23.7 Å². The van der Waals surface area contributed by atoms with E-state index in [0.717, 1.165) is 16.7 Å². The Labute approximate surface area is 237 Å². The molecule has 3 aromatic carbocycles. The smallest absolute Gasteiger partial charge is 0.368 e. The summed E-state index contributed by atoms with van der Waals surface area (Å²) in [5.41, 5.74) is -3.16. The summed E-state index contributed by atoms with van der Waals surface area (Å²) in [6, 6.07) is 27.6. The summed E-state index contributed by atoms with van der Waals surface area (Å²) in [4.78, 5) is 0. The molecule has 1 heterocycles. The van der Waals surface area contributed by atoms with E-state index in [-0.39, 0.29) is 19.8 Å². The van der Waals surface area contributed by atoms with E-state index in [1.54, 1.807) is 0 Å². The van der Waals surface area contributed by atoms with Crippen LogP contribution >= 0.6 is 0 Å².